The maximum atomic E-state index is 8.50. The van der Waals surface area contributed by atoms with Gasteiger partial charge in [0.15, 0.2) is 0 Å². The summed E-state index contributed by atoms with van der Waals surface area (Å²) in [6, 6.07) is 0. The summed E-state index contributed by atoms with van der Waals surface area (Å²) in [5.74, 6) is 0. The van der Waals surface area contributed by atoms with Gasteiger partial charge >= 0.3 is 0 Å². The van der Waals surface area contributed by atoms with Crippen molar-refractivity contribution >= 4 is 0 Å². The zero-order valence-corrected chi connectivity index (χ0v) is 6.60. The van der Waals surface area contributed by atoms with E-state index in [9.17, 15) is 0 Å². The van der Waals surface area contributed by atoms with E-state index in [-0.39, 0.29) is 12.2 Å². The minimum atomic E-state index is 0.158. The van der Waals surface area contributed by atoms with Crippen LogP contribution in [0.4, 0.5) is 0 Å². The Morgan fingerprint density at radius 1 is 1.50 bits per heavy atom. The van der Waals surface area contributed by atoms with Crippen molar-refractivity contribution in [2.75, 3.05) is 13.2 Å². The summed E-state index contributed by atoms with van der Waals surface area (Å²) in [5, 5.41) is 8.50. The molecule has 2 nitrogen and oxygen atoms in total. The highest BCUT2D eigenvalue weighted by atomic mass is 16.5. The molecule has 1 fully saturated rings. The molecule has 1 N–H and O–H groups in total. The van der Waals surface area contributed by atoms with E-state index in [1.165, 1.54) is 19.3 Å². The van der Waals surface area contributed by atoms with Crippen molar-refractivity contribution in [3.63, 3.8) is 0 Å². The predicted octanol–water partition coefficient (Wildman–Crippen LogP) is 1.33. The third-order valence-corrected chi connectivity index (χ3v) is 2.01. The van der Waals surface area contributed by atoms with Crippen LogP contribution in [0.15, 0.2) is 0 Å². The van der Waals surface area contributed by atoms with Crippen molar-refractivity contribution in [1.82, 2.24) is 0 Å². The molecule has 2 heteroatoms. The smallest absolute Gasteiger partial charge is 0.0705 e. The van der Waals surface area contributed by atoms with Crippen molar-refractivity contribution < 1.29 is 9.84 Å². The molecule has 1 saturated carbocycles. The average molecular weight is 144 g/mol. The van der Waals surface area contributed by atoms with Crippen LogP contribution in [-0.4, -0.2) is 23.9 Å². The molecule has 0 bridgehead atoms. The monoisotopic (exact) mass is 144 g/mol. The van der Waals surface area contributed by atoms with Crippen molar-refractivity contribution in [2.24, 2.45) is 0 Å². The molecule has 1 aliphatic carbocycles. The number of hydrogen-bond acceptors (Lipinski definition) is 2. The summed E-state index contributed by atoms with van der Waals surface area (Å²) in [5.41, 5.74) is 0.192. The molecule has 0 radical (unpaired) electrons. The first-order valence-electron chi connectivity index (χ1n) is 4.08. The molecule has 10 heavy (non-hydrogen) atoms. The number of rotatable bonds is 5. The Hall–Kier alpha value is -0.0800. The van der Waals surface area contributed by atoms with Gasteiger partial charge in [-0.25, -0.2) is 0 Å². The van der Waals surface area contributed by atoms with Gasteiger partial charge in [0, 0.05) is 0 Å². The molecule has 0 atom stereocenters. The molecule has 0 unspecified atom stereocenters. The van der Waals surface area contributed by atoms with Gasteiger partial charge in [-0.1, -0.05) is 13.3 Å². The van der Waals surface area contributed by atoms with Gasteiger partial charge in [0.2, 0.25) is 0 Å². The molecule has 1 rings (SSSR count). The first-order chi connectivity index (χ1) is 4.83. The van der Waals surface area contributed by atoms with Gasteiger partial charge in [-0.3, -0.25) is 0 Å². The number of hydrogen-bond donors (Lipinski definition) is 1. The Morgan fingerprint density at radius 2 is 2.20 bits per heavy atom. The van der Waals surface area contributed by atoms with Gasteiger partial charge in [0.25, 0.3) is 0 Å². The van der Waals surface area contributed by atoms with Crippen LogP contribution >= 0.6 is 0 Å². The number of aliphatic hydroxyl groups is 1. The van der Waals surface area contributed by atoms with Gasteiger partial charge < -0.3 is 9.84 Å². The molecule has 60 valence electrons. The molecular weight excluding hydrogens is 128 g/mol. The second kappa shape index (κ2) is 3.35. The van der Waals surface area contributed by atoms with Crippen molar-refractivity contribution in [1.29, 1.82) is 0 Å². The molecule has 0 spiro atoms. The average Bonchev–Trinajstić information content (AvgIpc) is 2.67. The van der Waals surface area contributed by atoms with Crippen LogP contribution in [0.5, 0.6) is 0 Å². The highest BCUT2D eigenvalue weighted by Crippen LogP contribution is 2.43. The van der Waals surface area contributed by atoms with E-state index >= 15 is 0 Å². The zero-order valence-electron chi connectivity index (χ0n) is 6.60. The lowest BCUT2D eigenvalue weighted by Crippen LogP contribution is -2.15. The lowest BCUT2D eigenvalue weighted by atomic mass is 10.2. The molecule has 0 amide bonds. The first kappa shape index (κ1) is 8.02. The van der Waals surface area contributed by atoms with E-state index in [1.807, 2.05) is 0 Å². The quantitative estimate of drug-likeness (QED) is 0.630. The topological polar surface area (TPSA) is 29.5 Å². The largest absolute Gasteiger partial charge is 0.394 e. The van der Waals surface area contributed by atoms with E-state index in [2.05, 4.69) is 6.92 Å². The normalized spacial score (nSPS) is 21.0. The fraction of sp³-hybridized carbons (Fsp3) is 1.00. The molecule has 1 aliphatic rings. The van der Waals surface area contributed by atoms with Crippen LogP contribution in [0.3, 0.4) is 0 Å². The summed E-state index contributed by atoms with van der Waals surface area (Å²) in [6.45, 7) is 2.84. The highest BCUT2D eigenvalue weighted by Gasteiger charge is 2.42. The lowest BCUT2D eigenvalue weighted by molar-refractivity contribution is 0.00565. The van der Waals surface area contributed by atoms with Crippen LogP contribution in [0.1, 0.15) is 32.6 Å². The van der Waals surface area contributed by atoms with Gasteiger partial charge in [-0.05, 0) is 19.3 Å². The van der Waals surface area contributed by atoms with E-state index < -0.39 is 0 Å². The Morgan fingerprint density at radius 3 is 2.60 bits per heavy atom. The Kier molecular flexibility index (Phi) is 2.69. The van der Waals surface area contributed by atoms with Gasteiger partial charge in [-0.15, -0.1) is 0 Å². The van der Waals surface area contributed by atoms with Crippen molar-refractivity contribution in [3.8, 4) is 0 Å². The SMILES string of the molecule is CCCC1(OCCO)CC1. The van der Waals surface area contributed by atoms with Gasteiger partial charge in [0.05, 0.1) is 18.8 Å². The summed E-state index contributed by atoms with van der Waals surface area (Å²) in [4.78, 5) is 0. The standard InChI is InChI=1S/C8H16O2/c1-2-3-8(4-5-8)10-7-6-9/h9H,2-7H2,1H3. The first-order valence-corrected chi connectivity index (χ1v) is 4.08. The van der Waals surface area contributed by atoms with Crippen LogP contribution in [-0.2, 0) is 4.74 Å². The summed E-state index contributed by atoms with van der Waals surface area (Å²) >= 11 is 0. The van der Waals surface area contributed by atoms with Crippen LogP contribution in [0.25, 0.3) is 0 Å². The van der Waals surface area contributed by atoms with E-state index in [0.717, 1.165) is 6.42 Å². The fourth-order valence-electron chi connectivity index (χ4n) is 1.32. The van der Waals surface area contributed by atoms with E-state index in [4.69, 9.17) is 9.84 Å². The predicted molar refractivity (Wildman–Crippen MR) is 39.9 cm³/mol. The van der Waals surface area contributed by atoms with Gasteiger partial charge in [0.1, 0.15) is 0 Å². The third kappa shape index (κ3) is 1.96. The van der Waals surface area contributed by atoms with E-state index in [1.54, 1.807) is 0 Å². The molecule has 0 aromatic carbocycles. The summed E-state index contributed by atoms with van der Waals surface area (Å²) in [7, 11) is 0. The minimum absolute atomic E-state index is 0.158. The van der Waals surface area contributed by atoms with Crippen LogP contribution < -0.4 is 0 Å². The molecule has 0 aliphatic heterocycles. The fourth-order valence-corrected chi connectivity index (χ4v) is 1.32. The maximum Gasteiger partial charge on any atom is 0.0705 e. The molecule has 0 aromatic heterocycles. The molecule has 0 aromatic rings. The minimum Gasteiger partial charge on any atom is -0.394 e. The van der Waals surface area contributed by atoms with Gasteiger partial charge in [-0.2, -0.15) is 0 Å². The Balaban J connectivity index is 2.11. The summed E-state index contributed by atoms with van der Waals surface area (Å²) in [6.07, 6.45) is 4.74. The number of ether oxygens (including phenoxy) is 1. The van der Waals surface area contributed by atoms with Crippen molar-refractivity contribution in [3.05, 3.63) is 0 Å². The molecular formula is C8H16O2. The second-order valence-corrected chi connectivity index (χ2v) is 3.01. The molecule has 0 saturated heterocycles. The van der Waals surface area contributed by atoms with Crippen LogP contribution in [0.2, 0.25) is 0 Å². The highest BCUT2D eigenvalue weighted by molar-refractivity contribution is 4.94. The number of aliphatic hydroxyl groups excluding tert-OH is 1. The lowest BCUT2D eigenvalue weighted by Gasteiger charge is -2.13. The zero-order chi connectivity index (χ0) is 7.45. The van der Waals surface area contributed by atoms with E-state index in [0.29, 0.717) is 6.61 Å². The molecule has 0 heterocycles. The Bertz CT molecular complexity index is 97.4. The van der Waals surface area contributed by atoms with Crippen LogP contribution in [0, 0.1) is 0 Å². The Labute approximate surface area is 62.2 Å². The second-order valence-electron chi connectivity index (χ2n) is 3.01. The maximum absolute atomic E-state index is 8.50. The third-order valence-electron chi connectivity index (χ3n) is 2.01. The van der Waals surface area contributed by atoms with Crippen molar-refractivity contribution in [2.45, 2.75) is 38.2 Å². The summed E-state index contributed by atoms with van der Waals surface area (Å²) < 4.78 is 5.48.